The van der Waals surface area contributed by atoms with E-state index in [1.54, 1.807) is 0 Å². The third kappa shape index (κ3) is 4.92. The molecular weight excluding hydrogens is 374 g/mol. The zero-order valence-corrected chi connectivity index (χ0v) is 14.6. The van der Waals surface area contributed by atoms with E-state index in [1.807, 2.05) is 0 Å². The second kappa shape index (κ2) is 8.44. The highest BCUT2D eigenvalue weighted by Crippen LogP contribution is 2.36. The van der Waals surface area contributed by atoms with Crippen LogP contribution in [0.15, 0.2) is 24.3 Å². The van der Waals surface area contributed by atoms with Crippen LogP contribution >= 0.6 is 46.4 Å². The molecular formula is C14H12Cl4O4. The summed E-state index contributed by atoms with van der Waals surface area (Å²) in [6.07, 6.45) is 0. The van der Waals surface area contributed by atoms with E-state index in [2.05, 4.69) is 0 Å². The van der Waals surface area contributed by atoms with Gasteiger partial charge in [0.15, 0.2) is 11.5 Å². The fraction of sp³-hybridized carbons (Fsp3) is 0.143. The molecule has 0 atom stereocenters. The Morgan fingerprint density at radius 2 is 0.864 bits per heavy atom. The van der Waals surface area contributed by atoms with Crippen LogP contribution in [0.4, 0.5) is 0 Å². The molecule has 0 aliphatic heterocycles. The lowest BCUT2D eigenvalue weighted by atomic mass is 10.3. The first-order chi connectivity index (χ1) is 10.3. The molecule has 0 heterocycles. The van der Waals surface area contributed by atoms with Crippen LogP contribution in [0, 0.1) is 0 Å². The Hall–Kier alpha value is -1.20. The lowest BCUT2D eigenvalue weighted by Crippen LogP contribution is -1.84. The Balaban J connectivity index is 0.000000220. The average molecular weight is 386 g/mol. The van der Waals surface area contributed by atoms with E-state index in [-0.39, 0.29) is 11.5 Å². The lowest BCUT2D eigenvalue weighted by molar-refractivity contribution is 0.413. The summed E-state index contributed by atoms with van der Waals surface area (Å²) in [6, 6.07) is 5.47. The maximum Gasteiger partial charge on any atom is 0.156 e. The fourth-order valence-corrected chi connectivity index (χ4v) is 2.74. The van der Waals surface area contributed by atoms with Crippen LogP contribution in [0.1, 0.15) is 0 Å². The number of methoxy groups -OCH3 is 2. The highest BCUT2D eigenvalue weighted by atomic mass is 35.5. The van der Waals surface area contributed by atoms with Crippen LogP contribution in [0.3, 0.4) is 0 Å². The van der Waals surface area contributed by atoms with Crippen LogP contribution in [0.25, 0.3) is 0 Å². The van der Waals surface area contributed by atoms with Crippen molar-refractivity contribution in [3.8, 4) is 23.0 Å². The van der Waals surface area contributed by atoms with Gasteiger partial charge < -0.3 is 19.7 Å². The smallest absolute Gasteiger partial charge is 0.156 e. The Labute approximate surface area is 147 Å². The number of phenolic OH excluding ortho intramolecular Hbond substituents is 2. The summed E-state index contributed by atoms with van der Waals surface area (Å²) in [5, 5.41) is 19.2. The molecule has 0 aliphatic carbocycles. The van der Waals surface area contributed by atoms with Gasteiger partial charge in [0.1, 0.15) is 11.5 Å². The first kappa shape index (κ1) is 18.8. The molecule has 2 N–H and O–H groups in total. The maximum atomic E-state index is 8.99. The molecule has 120 valence electrons. The minimum Gasteiger partial charge on any atom is -0.508 e. The number of phenols is 2. The monoisotopic (exact) mass is 384 g/mol. The van der Waals surface area contributed by atoms with Crippen molar-refractivity contribution in [3.05, 3.63) is 44.4 Å². The number of rotatable bonds is 2. The van der Waals surface area contributed by atoms with Crippen LogP contribution in [-0.4, -0.2) is 24.4 Å². The van der Waals surface area contributed by atoms with Gasteiger partial charge in [-0.05, 0) is 0 Å². The van der Waals surface area contributed by atoms with Crippen LogP contribution in [0.2, 0.25) is 20.1 Å². The van der Waals surface area contributed by atoms with Crippen molar-refractivity contribution in [2.45, 2.75) is 0 Å². The molecule has 0 saturated heterocycles. The Morgan fingerprint density at radius 3 is 1.05 bits per heavy atom. The van der Waals surface area contributed by atoms with E-state index in [1.165, 1.54) is 38.5 Å². The molecule has 0 unspecified atom stereocenters. The van der Waals surface area contributed by atoms with Gasteiger partial charge >= 0.3 is 0 Å². The summed E-state index contributed by atoms with van der Waals surface area (Å²) in [5.41, 5.74) is 0. The van der Waals surface area contributed by atoms with Gasteiger partial charge in [0.25, 0.3) is 0 Å². The quantitative estimate of drug-likeness (QED) is 0.724. The van der Waals surface area contributed by atoms with Crippen molar-refractivity contribution in [1.29, 1.82) is 0 Å². The predicted molar refractivity (Wildman–Crippen MR) is 89.4 cm³/mol. The lowest BCUT2D eigenvalue weighted by Gasteiger charge is -2.04. The maximum absolute atomic E-state index is 8.99. The summed E-state index contributed by atoms with van der Waals surface area (Å²) in [6.45, 7) is 0. The molecule has 0 bridgehead atoms. The highest BCUT2D eigenvalue weighted by Gasteiger charge is 2.07. The van der Waals surface area contributed by atoms with Crippen molar-refractivity contribution in [3.63, 3.8) is 0 Å². The van der Waals surface area contributed by atoms with Crippen molar-refractivity contribution in [2.24, 2.45) is 0 Å². The van der Waals surface area contributed by atoms with Gasteiger partial charge in [0, 0.05) is 24.3 Å². The number of ether oxygens (including phenoxy) is 2. The normalized spacial score (nSPS) is 9.73. The van der Waals surface area contributed by atoms with Gasteiger partial charge in [0.2, 0.25) is 0 Å². The topological polar surface area (TPSA) is 58.9 Å². The van der Waals surface area contributed by atoms with Gasteiger partial charge in [-0.15, -0.1) is 0 Å². The number of aromatic hydroxyl groups is 2. The van der Waals surface area contributed by atoms with Crippen molar-refractivity contribution in [1.82, 2.24) is 0 Å². The summed E-state index contributed by atoms with van der Waals surface area (Å²) in [4.78, 5) is 0. The Morgan fingerprint density at radius 1 is 0.636 bits per heavy atom. The van der Waals surface area contributed by atoms with Gasteiger partial charge in [-0.1, -0.05) is 46.4 Å². The molecule has 0 fully saturated rings. The van der Waals surface area contributed by atoms with Crippen molar-refractivity contribution < 1.29 is 19.7 Å². The summed E-state index contributed by atoms with van der Waals surface area (Å²) >= 11 is 22.7. The molecule has 0 amide bonds. The Bertz CT molecular complexity index is 558. The zero-order valence-electron chi connectivity index (χ0n) is 11.5. The van der Waals surface area contributed by atoms with Gasteiger partial charge in [0.05, 0.1) is 34.3 Å². The SMILES string of the molecule is COc1c(Cl)cc(O)cc1Cl.COc1c(Cl)cc(O)cc1Cl. The molecule has 8 heteroatoms. The minimum atomic E-state index is 0.0285. The largest absolute Gasteiger partial charge is 0.508 e. The molecule has 2 rings (SSSR count). The van der Waals surface area contributed by atoms with E-state index >= 15 is 0 Å². The molecule has 0 spiro atoms. The molecule has 0 aliphatic rings. The third-order valence-corrected chi connectivity index (χ3v) is 3.50. The molecule has 0 aromatic heterocycles. The van der Waals surface area contributed by atoms with Crippen LogP contribution < -0.4 is 9.47 Å². The second-order valence-corrected chi connectivity index (χ2v) is 5.51. The molecule has 0 radical (unpaired) electrons. The zero-order chi connectivity index (χ0) is 16.9. The molecule has 0 saturated carbocycles. The van der Waals surface area contributed by atoms with Crippen LogP contribution in [-0.2, 0) is 0 Å². The average Bonchev–Trinajstić information content (AvgIpc) is 2.38. The predicted octanol–water partition coefficient (Wildman–Crippen LogP) is 5.42. The Kier molecular flexibility index (Phi) is 7.23. The fourth-order valence-electron chi connectivity index (χ4n) is 1.48. The number of halogens is 4. The van der Waals surface area contributed by atoms with Crippen molar-refractivity contribution >= 4 is 46.4 Å². The summed E-state index contributed by atoms with van der Waals surface area (Å²) in [5.74, 6) is 0.818. The van der Waals surface area contributed by atoms with E-state index < -0.39 is 0 Å². The minimum absolute atomic E-state index is 0.0285. The standard InChI is InChI=1S/2C7H6Cl2O2/c2*1-11-7-5(8)2-4(10)3-6(7)9/h2*2-3,10H,1H3. The summed E-state index contributed by atoms with van der Waals surface area (Å²) < 4.78 is 9.71. The molecule has 4 nitrogen and oxygen atoms in total. The number of hydrogen-bond donors (Lipinski definition) is 2. The van der Waals surface area contributed by atoms with Crippen molar-refractivity contribution in [2.75, 3.05) is 14.2 Å². The molecule has 22 heavy (non-hydrogen) atoms. The second-order valence-electron chi connectivity index (χ2n) is 3.89. The van der Waals surface area contributed by atoms with Crippen LogP contribution in [0.5, 0.6) is 23.0 Å². The van der Waals surface area contributed by atoms with Gasteiger partial charge in [-0.3, -0.25) is 0 Å². The highest BCUT2D eigenvalue weighted by molar-refractivity contribution is 6.37. The third-order valence-electron chi connectivity index (χ3n) is 2.37. The van der Waals surface area contributed by atoms with E-state index in [0.717, 1.165) is 0 Å². The summed E-state index contributed by atoms with van der Waals surface area (Å²) in [7, 11) is 2.92. The van der Waals surface area contributed by atoms with Gasteiger partial charge in [-0.2, -0.15) is 0 Å². The molecule has 2 aromatic rings. The number of benzene rings is 2. The first-order valence-electron chi connectivity index (χ1n) is 5.74. The van der Waals surface area contributed by atoms with E-state index in [0.29, 0.717) is 31.6 Å². The molecule has 2 aromatic carbocycles. The first-order valence-corrected chi connectivity index (χ1v) is 7.25. The van der Waals surface area contributed by atoms with E-state index in [9.17, 15) is 0 Å². The number of hydrogen-bond acceptors (Lipinski definition) is 4. The van der Waals surface area contributed by atoms with E-state index in [4.69, 9.17) is 66.1 Å². The van der Waals surface area contributed by atoms with Gasteiger partial charge in [-0.25, -0.2) is 0 Å².